The smallest absolute Gasteiger partial charge is 0.234 e. The van der Waals surface area contributed by atoms with E-state index in [1.807, 2.05) is 37.6 Å². The van der Waals surface area contributed by atoms with Crippen molar-refractivity contribution >= 4 is 35.0 Å². The second-order valence-electron chi connectivity index (χ2n) is 6.97. The lowest BCUT2D eigenvalue weighted by atomic mass is 10.2. The quantitative estimate of drug-likeness (QED) is 0.449. The SMILES string of the molecule is COc1ccc(NC(=O)CSc2nnc(C(C)Oc3ccc(Cl)c(C)c3)n2C)c(OC)c1. The van der Waals surface area contributed by atoms with Crippen molar-refractivity contribution in [2.45, 2.75) is 25.1 Å². The van der Waals surface area contributed by atoms with Crippen LogP contribution >= 0.6 is 23.4 Å². The van der Waals surface area contributed by atoms with Gasteiger partial charge in [-0.05, 0) is 49.7 Å². The van der Waals surface area contributed by atoms with E-state index in [1.54, 1.807) is 31.4 Å². The molecule has 1 amide bonds. The summed E-state index contributed by atoms with van der Waals surface area (Å²) in [6, 6.07) is 10.7. The predicted octanol–water partition coefficient (Wildman–Crippen LogP) is 4.66. The largest absolute Gasteiger partial charge is 0.497 e. The monoisotopic (exact) mass is 476 g/mol. The first-order valence-electron chi connectivity index (χ1n) is 9.79. The number of aryl methyl sites for hydroxylation is 1. The molecular weight excluding hydrogens is 452 g/mol. The van der Waals surface area contributed by atoms with E-state index in [-0.39, 0.29) is 17.8 Å². The number of benzene rings is 2. The molecule has 170 valence electrons. The topological polar surface area (TPSA) is 87.5 Å². The molecule has 1 heterocycles. The normalized spacial score (nSPS) is 11.7. The lowest BCUT2D eigenvalue weighted by Gasteiger charge is -2.15. The second kappa shape index (κ2) is 10.6. The maximum absolute atomic E-state index is 12.4. The summed E-state index contributed by atoms with van der Waals surface area (Å²) in [4.78, 5) is 12.4. The van der Waals surface area contributed by atoms with Gasteiger partial charge in [0.05, 0.1) is 25.7 Å². The zero-order chi connectivity index (χ0) is 23.3. The number of rotatable bonds is 9. The molecule has 0 bridgehead atoms. The van der Waals surface area contributed by atoms with Gasteiger partial charge in [-0.1, -0.05) is 23.4 Å². The van der Waals surface area contributed by atoms with Gasteiger partial charge in [-0.2, -0.15) is 0 Å². The Kier molecular flexibility index (Phi) is 7.87. The number of hydrogen-bond acceptors (Lipinski definition) is 7. The molecule has 0 aliphatic carbocycles. The van der Waals surface area contributed by atoms with Crippen molar-refractivity contribution in [1.82, 2.24) is 14.8 Å². The predicted molar refractivity (Wildman–Crippen MR) is 125 cm³/mol. The molecule has 2 aromatic carbocycles. The van der Waals surface area contributed by atoms with Gasteiger partial charge in [-0.15, -0.1) is 10.2 Å². The Bertz CT molecular complexity index is 1110. The molecule has 3 rings (SSSR count). The van der Waals surface area contributed by atoms with Gasteiger partial charge in [0, 0.05) is 18.1 Å². The van der Waals surface area contributed by atoms with Crippen LogP contribution in [-0.4, -0.2) is 40.6 Å². The fourth-order valence-corrected chi connectivity index (χ4v) is 3.81. The molecule has 8 nitrogen and oxygen atoms in total. The van der Waals surface area contributed by atoms with Crippen molar-refractivity contribution in [2.24, 2.45) is 7.05 Å². The van der Waals surface area contributed by atoms with E-state index in [0.29, 0.717) is 38.9 Å². The molecule has 10 heteroatoms. The number of amides is 1. The van der Waals surface area contributed by atoms with E-state index in [2.05, 4.69) is 15.5 Å². The van der Waals surface area contributed by atoms with Gasteiger partial charge in [0.1, 0.15) is 17.2 Å². The standard InChI is InChI=1S/C22H25ClN4O4S/c1-13-10-16(6-8-17(13)23)31-14(2)21-25-26-22(27(21)3)32-12-20(28)24-18-9-7-15(29-4)11-19(18)30-5/h6-11,14H,12H2,1-5H3,(H,24,28). The van der Waals surface area contributed by atoms with E-state index in [0.717, 1.165) is 5.56 Å². The molecule has 1 aromatic heterocycles. The molecule has 32 heavy (non-hydrogen) atoms. The number of carbonyl (C=O) groups excluding carboxylic acids is 1. The summed E-state index contributed by atoms with van der Waals surface area (Å²) < 4.78 is 18.3. The van der Waals surface area contributed by atoms with Gasteiger partial charge in [0.15, 0.2) is 17.1 Å². The first-order valence-corrected chi connectivity index (χ1v) is 11.2. The Labute approximate surface area is 196 Å². The van der Waals surface area contributed by atoms with Crippen molar-refractivity contribution in [3.8, 4) is 17.2 Å². The van der Waals surface area contributed by atoms with Crippen LogP contribution in [0.3, 0.4) is 0 Å². The van der Waals surface area contributed by atoms with Crippen LogP contribution in [0.2, 0.25) is 5.02 Å². The van der Waals surface area contributed by atoms with Gasteiger partial charge in [0.25, 0.3) is 0 Å². The zero-order valence-corrected chi connectivity index (χ0v) is 20.1. The fourth-order valence-electron chi connectivity index (χ4n) is 2.97. The van der Waals surface area contributed by atoms with Crippen molar-refractivity contribution in [1.29, 1.82) is 0 Å². The number of aromatic nitrogens is 3. The van der Waals surface area contributed by atoms with Gasteiger partial charge >= 0.3 is 0 Å². The maximum Gasteiger partial charge on any atom is 0.234 e. The number of methoxy groups -OCH3 is 2. The lowest BCUT2D eigenvalue weighted by Crippen LogP contribution is -2.15. The number of halogens is 1. The minimum Gasteiger partial charge on any atom is -0.497 e. The summed E-state index contributed by atoms with van der Waals surface area (Å²) in [6.07, 6.45) is -0.334. The molecule has 0 aliphatic heterocycles. The van der Waals surface area contributed by atoms with Gasteiger partial charge in [-0.25, -0.2) is 0 Å². The van der Waals surface area contributed by atoms with E-state index in [9.17, 15) is 4.79 Å². The van der Waals surface area contributed by atoms with E-state index in [4.69, 9.17) is 25.8 Å². The summed E-state index contributed by atoms with van der Waals surface area (Å²) in [5, 5.41) is 12.6. The number of hydrogen-bond donors (Lipinski definition) is 1. The first kappa shape index (κ1) is 23.7. The molecule has 3 aromatic rings. The molecule has 0 fully saturated rings. The Morgan fingerprint density at radius 2 is 1.91 bits per heavy atom. The summed E-state index contributed by atoms with van der Waals surface area (Å²) in [6.45, 7) is 3.81. The number of anilines is 1. The number of nitrogens with one attached hydrogen (secondary N) is 1. The third kappa shape index (κ3) is 5.66. The highest BCUT2D eigenvalue weighted by Gasteiger charge is 2.19. The molecule has 0 radical (unpaired) electrons. The molecule has 1 atom stereocenters. The van der Waals surface area contributed by atoms with Gasteiger partial charge in [0.2, 0.25) is 5.91 Å². The third-order valence-corrected chi connectivity index (χ3v) is 6.13. The van der Waals surface area contributed by atoms with Crippen LogP contribution < -0.4 is 19.5 Å². The van der Waals surface area contributed by atoms with Crippen molar-refractivity contribution < 1.29 is 19.0 Å². The minimum atomic E-state index is -0.334. The highest BCUT2D eigenvalue weighted by atomic mass is 35.5. The first-order chi connectivity index (χ1) is 15.3. The summed E-state index contributed by atoms with van der Waals surface area (Å²) in [5.74, 6) is 2.48. The van der Waals surface area contributed by atoms with Crippen molar-refractivity contribution in [3.63, 3.8) is 0 Å². The highest BCUT2D eigenvalue weighted by molar-refractivity contribution is 7.99. The molecule has 1 unspecified atom stereocenters. The maximum atomic E-state index is 12.4. The number of ether oxygens (including phenoxy) is 3. The fraction of sp³-hybridized carbons (Fsp3) is 0.318. The second-order valence-corrected chi connectivity index (χ2v) is 8.32. The van der Waals surface area contributed by atoms with Crippen LogP contribution in [0.4, 0.5) is 5.69 Å². The number of nitrogens with zero attached hydrogens (tertiary/aromatic N) is 3. The van der Waals surface area contributed by atoms with Crippen LogP contribution in [0.5, 0.6) is 17.2 Å². The average molecular weight is 477 g/mol. The van der Waals surface area contributed by atoms with Crippen molar-refractivity contribution in [2.75, 3.05) is 25.3 Å². The summed E-state index contributed by atoms with van der Waals surface area (Å²) in [5.41, 5.74) is 1.50. The van der Waals surface area contributed by atoms with E-state index < -0.39 is 0 Å². The Hall–Kier alpha value is -2.91. The van der Waals surface area contributed by atoms with Gasteiger partial charge < -0.3 is 24.1 Å². The Balaban J connectivity index is 1.60. The van der Waals surface area contributed by atoms with Gasteiger partial charge in [-0.3, -0.25) is 4.79 Å². The molecular formula is C22H25ClN4O4S. The lowest BCUT2D eigenvalue weighted by molar-refractivity contribution is -0.113. The molecule has 0 saturated heterocycles. The third-order valence-electron chi connectivity index (χ3n) is 4.69. The van der Waals surface area contributed by atoms with E-state index in [1.165, 1.54) is 18.9 Å². The van der Waals surface area contributed by atoms with E-state index >= 15 is 0 Å². The van der Waals surface area contributed by atoms with Crippen LogP contribution in [0.15, 0.2) is 41.6 Å². The highest BCUT2D eigenvalue weighted by Crippen LogP contribution is 2.30. The number of carbonyl (C=O) groups is 1. The zero-order valence-electron chi connectivity index (χ0n) is 18.5. The minimum absolute atomic E-state index is 0.159. The number of thioether (sulfide) groups is 1. The molecule has 0 spiro atoms. The summed E-state index contributed by atoms with van der Waals surface area (Å²) >= 11 is 7.36. The Morgan fingerprint density at radius 1 is 1.16 bits per heavy atom. The molecule has 1 N–H and O–H groups in total. The van der Waals surface area contributed by atoms with Crippen LogP contribution in [0, 0.1) is 6.92 Å². The molecule has 0 aliphatic rings. The van der Waals surface area contributed by atoms with Crippen LogP contribution in [0.25, 0.3) is 0 Å². The average Bonchev–Trinajstić information content (AvgIpc) is 3.15. The molecule has 0 saturated carbocycles. The summed E-state index contributed by atoms with van der Waals surface area (Å²) in [7, 11) is 4.95. The van der Waals surface area contributed by atoms with Crippen molar-refractivity contribution in [3.05, 3.63) is 52.8 Å². The van der Waals surface area contributed by atoms with Crippen LogP contribution in [-0.2, 0) is 11.8 Å². The Morgan fingerprint density at radius 3 is 2.59 bits per heavy atom. The van der Waals surface area contributed by atoms with Crippen LogP contribution in [0.1, 0.15) is 24.4 Å².